The fraction of sp³-hybridized carbons (Fsp3) is 0.333. The molecule has 0 bridgehead atoms. The van der Waals surface area contributed by atoms with Crippen LogP contribution in [-0.2, 0) is 6.42 Å². The van der Waals surface area contributed by atoms with E-state index in [4.69, 9.17) is 11.6 Å². The molecule has 0 heterocycles. The van der Waals surface area contributed by atoms with Gasteiger partial charge in [-0.3, -0.25) is 0 Å². The minimum absolute atomic E-state index is 0.00939. The number of benzene rings is 1. The largest absolute Gasteiger partial charge is 0.207 e. The highest BCUT2D eigenvalue weighted by Crippen LogP contribution is 2.22. The van der Waals surface area contributed by atoms with E-state index >= 15 is 0 Å². The van der Waals surface area contributed by atoms with E-state index in [1.165, 1.54) is 12.1 Å². The fourth-order valence-electron chi connectivity index (χ4n) is 1.04. The molecule has 0 saturated carbocycles. The molecule has 1 aromatic carbocycles. The summed E-state index contributed by atoms with van der Waals surface area (Å²) in [5, 5.41) is -0.00939. The highest BCUT2D eigenvalue weighted by molar-refractivity contribution is 14.1. The topological polar surface area (TPSA) is 0 Å². The maximum absolute atomic E-state index is 13.2. The van der Waals surface area contributed by atoms with Crippen LogP contribution in [0.1, 0.15) is 12.0 Å². The fourth-order valence-corrected chi connectivity index (χ4v) is 1.60. The second-order valence-corrected chi connectivity index (χ2v) is 4.10. The maximum Gasteiger partial charge on any atom is 0.147 e. The van der Waals surface area contributed by atoms with Crippen molar-refractivity contribution in [3.05, 3.63) is 34.4 Å². The van der Waals surface area contributed by atoms with Gasteiger partial charge in [-0.1, -0.05) is 34.2 Å². The Morgan fingerprint density at radius 3 is 2.62 bits per heavy atom. The quantitative estimate of drug-likeness (QED) is 0.449. The molecule has 0 fully saturated rings. The van der Waals surface area contributed by atoms with Gasteiger partial charge in [0.25, 0.3) is 0 Å². The van der Waals surface area contributed by atoms with Crippen LogP contribution in [0, 0.1) is 11.6 Å². The van der Waals surface area contributed by atoms with Crippen LogP contribution < -0.4 is 0 Å². The first-order valence-corrected chi connectivity index (χ1v) is 5.75. The molecule has 0 spiro atoms. The SMILES string of the molecule is Fc1ccc(Cl)c(F)c1CCCI. The third kappa shape index (κ3) is 2.77. The Morgan fingerprint density at radius 1 is 1.31 bits per heavy atom. The van der Waals surface area contributed by atoms with Gasteiger partial charge in [-0.2, -0.15) is 0 Å². The molecule has 13 heavy (non-hydrogen) atoms. The standard InChI is InChI=1S/C9H8ClF2I/c10-7-3-4-8(11)6(9(7)12)2-1-5-13/h3-4H,1-2,5H2. The lowest BCUT2D eigenvalue weighted by molar-refractivity contribution is 0.554. The Bertz CT molecular complexity index is 302. The van der Waals surface area contributed by atoms with E-state index in [0.29, 0.717) is 6.42 Å². The molecule has 4 heteroatoms. The second kappa shape index (κ2) is 5.10. The minimum atomic E-state index is -0.619. The Morgan fingerprint density at radius 2 is 2.00 bits per heavy atom. The van der Waals surface area contributed by atoms with Crippen molar-refractivity contribution in [2.45, 2.75) is 12.8 Å². The lowest BCUT2D eigenvalue weighted by Crippen LogP contribution is -1.97. The molecule has 0 aliphatic carbocycles. The summed E-state index contributed by atoms with van der Waals surface area (Å²) < 4.78 is 27.1. The molecular formula is C9H8ClF2I. The van der Waals surface area contributed by atoms with Crippen molar-refractivity contribution < 1.29 is 8.78 Å². The van der Waals surface area contributed by atoms with Crippen molar-refractivity contribution in [1.29, 1.82) is 0 Å². The molecule has 0 atom stereocenters. The lowest BCUT2D eigenvalue weighted by atomic mass is 10.1. The number of halogens is 4. The van der Waals surface area contributed by atoms with E-state index in [1.54, 1.807) is 0 Å². The summed E-state index contributed by atoms with van der Waals surface area (Å²) in [5.41, 5.74) is 0.101. The monoisotopic (exact) mass is 316 g/mol. The van der Waals surface area contributed by atoms with E-state index in [-0.39, 0.29) is 10.6 Å². The van der Waals surface area contributed by atoms with Gasteiger partial charge in [0.1, 0.15) is 11.6 Å². The Labute approximate surface area is 94.4 Å². The average Bonchev–Trinajstić information content (AvgIpc) is 2.12. The maximum atomic E-state index is 13.2. The molecule has 0 aliphatic rings. The number of rotatable bonds is 3. The first-order valence-electron chi connectivity index (χ1n) is 3.85. The van der Waals surface area contributed by atoms with Crippen LogP contribution >= 0.6 is 34.2 Å². The van der Waals surface area contributed by atoms with E-state index in [9.17, 15) is 8.78 Å². The molecular weight excluding hydrogens is 308 g/mol. The highest BCUT2D eigenvalue weighted by Gasteiger charge is 2.11. The Hall–Kier alpha value is 0.1000. The molecule has 0 radical (unpaired) electrons. The van der Waals surface area contributed by atoms with E-state index in [0.717, 1.165) is 10.8 Å². The lowest BCUT2D eigenvalue weighted by Gasteiger charge is -2.04. The molecule has 0 aliphatic heterocycles. The molecule has 1 rings (SSSR count). The first kappa shape index (κ1) is 11.2. The summed E-state index contributed by atoms with van der Waals surface area (Å²) in [6.07, 6.45) is 1.16. The molecule has 72 valence electrons. The van der Waals surface area contributed by atoms with Gasteiger partial charge < -0.3 is 0 Å². The number of hydrogen-bond donors (Lipinski definition) is 0. The van der Waals surface area contributed by atoms with Crippen molar-refractivity contribution in [1.82, 2.24) is 0 Å². The number of hydrogen-bond acceptors (Lipinski definition) is 0. The van der Waals surface area contributed by atoms with E-state index in [2.05, 4.69) is 22.6 Å². The third-order valence-corrected chi connectivity index (χ3v) is 2.75. The number of alkyl halides is 1. The van der Waals surface area contributed by atoms with Crippen molar-refractivity contribution in [3.8, 4) is 0 Å². The predicted molar refractivity (Wildman–Crippen MR) is 58.6 cm³/mol. The molecule has 0 aromatic heterocycles. The van der Waals surface area contributed by atoms with Gasteiger partial charge in [-0.15, -0.1) is 0 Å². The second-order valence-electron chi connectivity index (χ2n) is 2.61. The molecule has 0 amide bonds. The van der Waals surface area contributed by atoms with Gasteiger partial charge in [0, 0.05) is 5.56 Å². The smallest absolute Gasteiger partial charge is 0.147 e. The van der Waals surface area contributed by atoms with Crippen molar-refractivity contribution in [2.24, 2.45) is 0 Å². The highest BCUT2D eigenvalue weighted by atomic mass is 127. The Balaban J connectivity index is 2.96. The van der Waals surface area contributed by atoms with Crippen molar-refractivity contribution in [3.63, 3.8) is 0 Å². The first-order chi connectivity index (χ1) is 6.16. The summed E-state index contributed by atoms with van der Waals surface area (Å²) in [5.74, 6) is -1.13. The normalized spacial score (nSPS) is 10.5. The molecule has 0 unspecified atom stereocenters. The van der Waals surface area contributed by atoms with E-state index in [1.807, 2.05) is 0 Å². The molecule has 0 nitrogen and oxygen atoms in total. The van der Waals surface area contributed by atoms with Crippen molar-refractivity contribution >= 4 is 34.2 Å². The minimum Gasteiger partial charge on any atom is -0.207 e. The zero-order chi connectivity index (χ0) is 9.84. The summed E-state index contributed by atoms with van der Waals surface area (Å²) in [6.45, 7) is 0. The van der Waals surface area contributed by atoms with E-state index < -0.39 is 11.6 Å². The van der Waals surface area contributed by atoms with Crippen LogP contribution in [-0.4, -0.2) is 4.43 Å². The van der Waals surface area contributed by atoms with Crippen LogP contribution in [0.5, 0.6) is 0 Å². The van der Waals surface area contributed by atoms with Gasteiger partial charge >= 0.3 is 0 Å². The summed E-state index contributed by atoms with van der Waals surface area (Å²) in [4.78, 5) is 0. The van der Waals surface area contributed by atoms with Gasteiger partial charge in [0.15, 0.2) is 0 Å². The zero-order valence-electron chi connectivity index (χ0n) is 6.79. The molecule has 1 aromatic rings. The molecule has 0 N–H and O–H groups in total. The third-order valence-electron chi connectivity index (χ3n) is 1.70. The zero-order valence-corrected chi connectivity index (χ0v) is 9.70. The van der Waals surface area contributed by atoms with Gasteiger partial charge in [-0.05, 0) is 29.4 Å². The van der Waals surface area contributed by atoms with Crippen molar-refractivity contribution in [2.75, 3.05) is 4.43 Å². The summed E-state index contributed by atoms with van der Waals surface area (Å²) in [6, 6.07) is 2.44. The summed E-state index contributed by atoms with van der Waals surface area (Å²) in [7, 11) is 0. The van der Waals surface area contributed by atoms with Gasteiger partial charge in [-0.25, -0.2) is 8.78 Å². The van der Waals surface area contributed by atoms with Crippen LogP contribution in [0.2, 0.25) is 5.02 Å². The molecule has 0 saturated heterocycles. The average molecular weight is 317 g/mol. The predicted octanol–water partition coefficient (Wildman–Crippen LogP) is 3.99. The van der Waals surface area contributed by atoms with Crippen LogP contribution in [0.25, 0.3) is 0 Å². The van der Waals surface area contributed by atoms with Crippen LogP contribution in [0.15, 0.2) is 12.1 Å². The van der Waals surface area contributed by atoms with Crippen LogP contribution in [0.3, 0.4) is 0 Å². The van der Waals surface area contributed by atoms with Crippen LogP contribution in [0.4, 0.5) is 8.78 Å². The summed E-state index contributed by atoms with van der Waals surface area (Å²) >= 11 is 7.69. The Kier molecular flexibility index (Phi) is 4.38. The van der Waals surface area contributed by atoms with Gasteiger partial charge in [0.2, 0.25) is 0 Å². The van der Waals surface area contributed by atoms with Gasteiger partial charge in [0.05, 0.1) is 5.02 Å².